The predicted octanol–water partition coefficient (Wildman–Crippen LogP) is 7.14. The molecule has 2 aromatic carbocycles. The number of halogens is 3. The Kier molecular flexibility index (Phi) is 5.74. The summed E-state index contributed by atoms with van der Waals surface area (Å²) in [6, 6.07) is 15.6. The zero-order chi connectivity index (χ0) is 20.5. The highest BCUT2D eigenvalue weighted by atomic mass is 35.5. The molecule has 0 atom stereocenters. The molecule has 0 radical (unpaired) electrons. The van der Waals surface area contributed by atoms with Crippen molar-refractivity contribution in [3.63, 3.8) is 0 Å². The van der Waals surface area contributed by atoms with Crippen LogP contribution in [0.4, 0.5) is 4.79 Å². The first kappa shape index (κ1) is 20.1. The molecule has 1 aromatic heterocycles. The van der Waals surface area contributed by atoms with Gasteiger partial charge in [0.25, 0.3) is 11.1 Å². The quantitative estimate of drug-likeness (QED) is 0.385. The normalized spacial score (nSPS) is 15.6. The topological polar surface area (TPSA) is 50.5 Å². The molecule has 0 bridgehead atoms. The molecule has 1 saturated heterocycles. The highest BCUT2D eigenvalue weighted by molar-refractivity contribution is 8.18. The van der Waals surface area contributed by atoms with Gasteiger partial charge in [-0.2, -0.15) is 0 Å². The van der Waals surface area contributed by atoms with E-state index in [0.717, 1.165) is 22.9 Å². The van der Waals surface area contributed by atoms with Crippen LogP contribution in [0, 0.1) is 0 Å². The van der Waals surface area contributed by atoms with Gasteiger partial charge >= 0.3 is 0 Å². The summed E-state index contributed by atoms with van der Waals surface area (Å²) in [6.45, 7) is 0.184. The lowest BCUT2D eigenvalue weighted by Crippen LogP contribution is -2.27. The molecule has 4 nitrogen and oxygen atoms in total. The molecular formula is C21H12Cl3NO3S. The van der Waals surface area contributed by atoms with Crippen LogP contribution in [0.2, 0.25) is 15.1 Å². The Morgan fingerprint density at radius 1 is 0.897 bits per heavy atom. The van der Waals surface area contributed by atoms with E-state index in [-0.39, 0.29) is 17.7 Å². The summed E-state index contributed by atoms with van der Waals surface area (Å²) in [5, 5.41) is 1.25. The minimum atomic E-state index is -0.362. The molecule has 8 heteroatoms. The summed E-state index contributed by atoms with van der Waals surface area (Å²) in [6.07, 6.45) is 1.56. The maximum Gasteiger partial charge on any atom is 0.293 e. The molecule has 29 heavy (non-hydrogen) atoms. The van der Waals surface area contributed by atoms with Crippen LogP contribution in [0.5, 0.6) is 0 Å². The molecule has 1 aliphatic heterocycles. The smallest absolute Gasteiger partial charge is 0.293 e. The van der Waals surface area contributed by atoms with Crippen molar-refractivity contribution in [2.45, 2.75) is 6.54 Å². The number of hydrogen-bond donors (Lipinski definition) is 0. The van der Waals surface area contributed by atoms with Crippen molar-refractivity contribution in [1.29, 1.82) is 0 Å². The van der Waals surface area contributed by atoms with Gasteiger partial charge in [-0.05, 0) is 59.8 Å². The lowest BCUT2D eigenvalue weighted by Gasteiger charge is -2.12. The second kappa shape index (κ2) is 8.28. The molecule has 0 N–H and O–H groups in total. The number of rotatable bonds is 4. The van der Waals surface area contributed by atoms with E-state index in [1.165, 1.54) is 4.90 Å². The largest absolute Gasteiger partial charge is 0.457 e. The van der Waals surface area contributed by atoms with Gasteiger partial charge in [0.1, 0.15) is 11.5 Å². The first-order valence-electron chi connectivity index (χ1n) is 8.45. The molecule has 3 aromatic rings. The minimum Gasteiger partial charge on any atom is -0.457 e. The Hall–Kier alpha value is -2.18. The Bertz CT molecular complexity index is 1120. The van der Waals surface area contributed by atoms with Crippen molar-refractivity contribution in [2.24, 2.45) is 0 Å². The van der Waals surface area contributed by atoms with Gasteiger partial charge in [0.05, 0.1) is 11.4 Å². The fourth-order valence-electron chi connectivity index (χ4n) is 2.82. The fourth-order valence-corrected chi connectivity index (χ4v) is 4.29. The van der Waals surface area contributed by atoms with Gasteiger partial charge in [-0.25, -0.2) is 0 Å². The molecule has 1 aliphatic rings. The molecule has 2 amide bonds. The van der Waals surface area contributed by atoms with E-state index in [4.69, 9.17) is 39.2 Å². The van der Waals surface area contributed by atoms with Crippen LogP contribution in [-0.4, -0.2) is 16.0 Å². The molecule has 0 spiro atoms. The van der Waals surface area contributed by atoms with Crippen LogP contribution in [0.3, 0.4) is 0 Å². The Morgan fingerprint density at radius 2 is 1.59 bits per heavy atom. The number of thioether (sulfide) groups is 1. The number of imide groups is 1. The van der Waals surface area contributed by atoms with Crippen molar-refractivity contribution in [3.8, 4) is 11.3 Å². The molecule has 1 fully saturated rings. The minimum absolute atomic E-state index is 0.184. The predicted molar refractivity (Wildman–Crippen MR) is 117 cm³/mol. The molecule has 4 rings (SSSR count). The zero-order valence-corrected chi connectivity index (χ0v) is 17.8. The standard InChI is InChI=1S/C21H12Cl3NO3S/c22-14-3-1-12(2-4-14)11-25-20(26)19(29-21(25)27)10-17-5-6-18(28-17)13-7-15(23)9-16(24)8-13/h1-10H,11H2/b19-10-. The molecule has 0 saturated carbocycles. The second-order valence-electron chi connectivity index (χ2n) is 6.25. The van der Waals surface area contributed by atoms with Gasteiger partial charge in [0.2, 0.25) is 0 Å². The molecule has 0 unspecified atom stereocenters. The maximum atomic E-state index is 12.7. The summed E-state index contributed by atoms with van der Waals surface area (Å²) in [7, 11) is 0. The van der Waals surface area contributed by atoms with E-state index in [1.54, 1.807) is 60.7 Å². The summed E-state index contributed by atoms with van der Waals surface area (Å²) in [5.74, 6) is 0.646. The van der Waals surface area contributed by atoms with Crippen LogP contribution >= 0.6 is 46.6 Å². The summed E-state index contributed by atoms with van der Waals surface area (Å²) in [5.41, 5.74) is 1.54. The van der Waals surface area contributed by atoms with E-state index in [9.17, 15) is 9.59 Å². The maximum absolute atomic E-state index is 12.7. The molecule has 0 aliphatic carbocycles. The van der Waals surface area contributed by atoms with Gasteiger partial charge in [-0.1, -0.05) is 46.9 Å². The van der Waals surface area contributed by atoms with Crippen molar-refractivity contribution in [1.82, 2.24) is 4.90 Å². The Labute approximate surface area is 186 Å². The van der Waals surface area contributed by atoms with E-state index in [2.05, 4.69) is 0 Å². The summed E-state index contributed by atoms with van der Waals surface area (Å²) >= 11 is 18.8. The van der Waals surface area contributed by atoms with Crippen LogP contribution in [-0.2, 0) is 11.3 Å². The first-order valence-corrected chi connectivity index (χ1v) is 10.4. The van der Waals surface area contributed by atoms with Gasteiger partial charge < -0.3 is 4.42 Å². The number of carbonyl (C=O) groups is 2. The van der Waals surface area contributed by atoms with Crippen LogP contribution in [0.1, 0.15) is 11.3 Å². The van der Waals surface area contributed by atoms with Crippen LogP contribution < -0.4 is 0 Å². The number of benzene rings is 2. The molecule has 2 heterocycles. The number of carbonyl (C=O) groups excluding carboxylic acids is 2. The Morgan fingerprint density at radius 3 is 2.28 bits per heavy atom. The highest BCUT2D eigenvalue weighted by Gasteiger charge is 2.35. The monoisotopic (exact) mass is 463 g/mol. The van der Waals surface area contributed by atoms with E-state index >= 15 is 0 Å². The van der Waals surface area contributed by atoms with Gasteiger partial charge in [-0.15, -0.1) is 0 Å². The van der Waals surface area contributed by atoms with Gasteiger partial charge in [0, 0.05) is 26.7 Å². The van der Waals surface area contributed by atoms with Gasteiger partial charge in [0.15, 0.2) is 0 Å². The average molecular weight is 465 g/mol. The fraction of sp³-hybridized carbons (Fsp3) is 0.0476. The lowest BCUT2D eigenvalue weighted by atomic mass is 10.2. The van der Waals surface area contributed by atoms with Crippen molar-refractivity contribution in [2.75, 3.05) is 0 Å². The average Bonchev–Trinajstić information content (AvgIpc) is 3.23. The number of hydrogen-bond acceptors (Lipinski definition) is 4. The number of furan rings is 1. The number of amides is 2. The van der Waals surface area contributed by atoms with Gasteiger partial charge in [-0.3, -0.25) is 14.5 Å². The number of nitrogens with zero attached hydrogens (tertiary/aromatic N) is 1. The molecular weight excluding hydrogens is 453 g/mol. The second-order valence-corrected chi connectivity index (χ2v) is 8.56. The van der Waals surface area contributed by atoms with Crippen LogP contribution in [0.15, 0.2) is 63.9 Å². The first-order chi connectivity index (χ1) is 13.9. The third-order valence-corrected chi connectivity index (χ3v) is 5.77. The summed E-state index contributed by atoms with van der Waals surface area (Å²) < 4.78 is 5.79. The third-order valence-electron chi connectivity index (χ3n) is 4.17. The Balaban J connectivity index is 1.54. The lowest BCUT2D eigenvalue weighted by molar-refractivity contribution is -0.123. The summed E-state index contributed by atoms with van der Waals surface area (Å²) in [4.78, 5) is 26.5. The van der Waals surface area contributed by atoms with E-state index < -0.39 is 0 Å². The van der Waals surface area contributed by atoms with Crippen LogP contribution in [0.25, 0.3) is 17.4 Å². The van der Waals surface area contributed by atoms with Crippen molar-refractivity contribution in [3.05, 3.63) is 85.9 Å². The van der Waals surface area contributed by atoms with E-state index in [0.29, 0.717) is 31.5 Å². The zero-order valence-electron chi connectivity index (χ0n) is 14.7. The van der Waals surface area contributed by atoms with Crippen molar-refractivity contribution >= 4 is 63.8 Å². The van der Waals surface area contributed by atoms with Crippen molar-refractivity contribution < 1.29 is 14.0 Å². The SMILES string of the molecule is O=C1S/C(=C\c2ccc(-c3cc(Cl)cc(Cl)c3)o2)C(=O)N1Cc1ccc(Cl)cc1. The highest BCUT2D eigenvalue weighted by Crippen LogP contribution is 2.35. The molecule has 146 valence electrons. The van der Waals surface area contributed by atoms with E-state index in [1.807, 2.05) is 0 Å². The third kappa shape index (κ3) is 4.54.